The summed E-state index contributed by atoms with van der Waals surface area (Å²) in [5.41, 5.74) is 0. The van der Waals surface area contributed by atoms with E-state index < -0.39 is 19.7 Å². The van der Waals surface area contributed by atoms with Crippen molar-refractivity contribution in [2.24, 2.45) is 0 Å². The van der Waals surface area contributed by atoms with E-state index in [2.05, 4.69) is 25.6 Å². The van der Waals surface area contributed by atoms with Crippen molar-refractivity contribution in [3.8, 4) is 0 Å². The molecule has 84 valence electrons. The van der Waals surface area contributed by atoms with Crippen LogP contribution in [0, 0.1) is 0 Å². The molecule has 0 fully saturated rings. The van der Waals surface area contributed by atoms with Gasteiger partial charge in [-0.1, -0.05) is 0 Å². The van der Waals surface area contributed by atoms with Gasteiger partial charge in [0.25, 0.3) is 0 Å². The number of aromatic nitrogens is 3. The number of anilines is 2. The van der Waals surface area contributed by atoms with Crippen LogP contribution in [0.1, 0.15) is 35.8 Å². The van der Waals surface area contributed by atoms with E-state index in [0.29, 0.717) is 0 Å². The predicted octanol–water partition coefficient (Wildman–Crippen LogP) is 2.17. The Morgan fingerprint density at radius 1 is 1.07 bits per heavy atom. The zero-order valence-electron chi connectivity index (χ0n) is 14.4. The van der Waals surface area contributed by atoms with Crippen molar-refractivity contribution in [1.82, 2.24) is 15.0 Å². The normalized spacial score (nSPS) is 18.5. The Kier molecular flexibility index (Phi) is 1.99. The highest BCUT2D eigenvalue weighted by molar-refractivity contribution is 6.28. The van der Waals surface area contributed by atoms with E-state index in [1.807, 2.05) is 13.8 Å². The fourth-order valence-corrected chi connectivity index (χ4v) is 1.03. The van der Waals surface area contributed by atoms with Crippen LogP contribution in [0.15, 0.2) is 0 Å². The van der Waals surface area contributed by atoms with Crippen LogP contribution in [0.25, 0.3) is 0 Å². The maximum atomic E-state index is 7.31. The van der Waals surface area contributed by atoms with Gasteiger partial charge in [-0.15, -0.1) is 0 Å². The van der Waals surface area contributed by atoms with Crippen LogP contribution in [-0.4, -0.2) is 27.0 Å². The van der Waals surface area contributed by atoms with Crippen molar-refractivity contribution in [2.75, 3.05) is 10.6 Å². The molecule has 0 aliphatic carbocycles. The molecule has 0 spiro atoms. The molecule has 0 unspecified atom stereocenters. The Balaban J connectivity index is 3.07. The molecular weight excluding hydrogens is 214 g/mol. The lowest BCUT2D eigenvalue weighted by molar-refractivity contribution is 0.845. The van der Waals surface area contributed by atoms with Crippen LogP contribution in [-0.2, 0) is 0 Å². The standard InChI is InChI=1S/C9H16ClN5/c1-5(2)11-8-13-7(10)14-9(15-8)12-6(3)4/h5-6H,1-4H3,(H2,11,12,13,14,15)/i1D3,2D3. The van der Waals surface area contributed by atoms with Gasteiger partial charge in [0.1, 0.15) is 0 Å². The molecule has 0 aliphatic rings. The summed E-state index contributed by atoms with van der Waals surface area (Å²) < 4.78 is 43.8. The number of halogens is 1. The quantitative estimate of drug-likeness (QED) is 0.838. The highest BCUT2D eigenvalue weighted by Crippen LogP contribution is 2.10. The molecule has 0 saturated heterocycles. The number of rotatable bonds is 4. The molecule has 2 N–H and O–H groups in total. The first-order valence-electron chi connectivity index (χ1n) is 7.34. The number of nitrogens with one attached hydrogen (secondary N) is 2. The van der Waals surface area contributed by atoms with Gasteiger partial charge in [0.2, 0.25) is 17.2 Å². The molecule has 5 nitrogen and oxygen atoms in total. The van der Waals surface area contributed by atoms with Crippen molar-refractivity contribution in [1.29, 1.82) is 0 Å². The topological polar surface area (TPSA) is 62.7 Å². The van der Waals surface area contributed by atoms with Crippen LogP contribution < -0.4 is 10.6 Å². The number of hydrogen-bond donors (Lipinski definition) is 2. The summed E-state index contributed by atoms with van der Waals surface area (Å²) in [6.45, 7) is -1.82. The molecule has 0 atom stereocenters. The minimum absolute atomic E-state index is 0.0114. The van der Waals surface area contributed by atoms with Gasteiger partial charge in [-0.25, -0.2) is 0 Å². The Morgan fingerprint density at radius 3 is 2.07 bits per heavy atom. The summed E-state index contributed by atoms with van der Waals surface area (Å²) in [5.74, 6) is -0.0854. The van der Waals surface area contributed by atoms with Crippen LogP contribution in [0.4, 0.5) is 11.9 Å². The van der Waals surface area contributed by atoms with Crippen molar-refractivity contribution >= 4 is 23.5 Å². The first kappa shape index (κ1) is 5.84. The van der Waals surface area contributed by atoms with E-state index in [-0.39, 0.29) is 23.2 Å². The first-order chi connectivity index (χ1) is 9.39. The Morgan fingerprint density at radius 2 is 1.60 bits per heavy atom. The zero-order valence-corrected chi connectivity index (χ0v) is 9.13. The molecular formula is C9H16ClN5. The summed E-state index contributed by atoms with van der Waals surface area (Å²) in [5, 5.41) is 5.00. The fraction of sp³-hybridized carbons (Fsp3) is 0.667. The molecule has 0 saturated carbocycles. The smallest absolute Gasteiger partial charge is 0.228 e. The third kappa shape index (κ3) is 4.29. The molecule has 0 amide bonds. The number of hydrogen-bond acceptors (Lipinski definition) is 5. The summed E-state index contributed by atoms with van der Waals surface area (Å²) in [6.07, 6.45) is 0. The number of nitrogens with zero attached hydrogens (tertiary/aromatic N) is 3. The fourth-order valence-electron chi connectivity index (χ4n) is 0.866. The molecule has 0 bridgehead atoms. The van der Waals surface area contributed by atoms with E-state index in [4.69, 9.17) is 19.8 Å². The Bertz CT molecular complexity index is 474. The summed E-state index contributed by atoms with van der Waals surface area (Å²) in [6, 6.07) is -1.80. The van der Waals surface area contributed by atoms with E-state index >= 15 is 0 Å². The highest BCUT2D eigenvalue weighted by Gasteiger charge is 2.06. The lowest BCUT2D eigenvalue weighted by Crippen LogP contribution is -2.17. The van der Waals surface area contributed by atoms with E-state index in [9.17, 15) is 0 Å². The van der Waals surface area contributed by atoms with Crippen LogP contribution >= 0.6 is 11.6 Å². The van der Waals surface area contributed by atoms with E-state index in [1.165, 1.54) is 0 Å². The molecule has 6 heteroatoms. The SMILES string of the molecule is [2H]C([2H])([2H])C(Nc1nc(Cl)nc(NC(C)C)n1)C([2H])([2H])[2H]. The van der Waals surface area contributed by atoms with Gasteiger partial charge >= 0.3 is 0 Å². The van der Waals surface area contributed by atoms with Crippen LogP contribution in [0.2, 0.25) is 5.28 Å². The average Bonchev–Trinajstić information content (AvgIpc) is 2.20. The monoisotopic (exact) mass is 235 g/mol. The van der Waals surface area contributed by atoms with Crippen molar-refractivity contribution in [2.45, 2.75) is 39.6 Å². The van der Waals surface area contributed by atoms with Gasteiger partial charge < -0.3 is 10.6 Å². The molecule has 15 heavy (non-hydrogen) atoms. The summed E-state index contributed by atoms with van der Waals surface area (Å²) in [4.78, 5) is 11.4. The molecule has 0 aliphatic heterocycles. The van der Waals surface area contributed by atoms with Crippen molar-refractivity contribution in [3.63, 3.8) is 0 Å². The van der Waals surface area contributed by atoms with Gasteiger partial charge in [0.05, 0.1) is 0 Å². The van der Waals surface area contributed by atoms with Gasteiger partial charge in [-0.2, -0.15) is 15.0 Å². The van der Waals surface area contributed by atoms with Crippen LogP contribution in [0.3, 0.4) is 0 Å². The average molecular weight is 236 g/mol. The van der Waals surface area contributed by atoms with E-state index in [0.717, 1.165) is 0 Å². The second kappa shape index (κ2) is 5.11. The molecule has 0 radical (unpaired) electrons. The van der Waals surface area contributed by atoms with Crippen LogP contribution in [0.5, 0.6) is 0 Å². The van der Waals surface area contributed by atoms with Gasteiger partial charge in [0, 0.05) is 20.3 Å². The minimum Gasteiger partial charge on any atom is -0.352 e. The van der Waals surface area contributed by atoms with Gasteiger partial charge in [-0.05, 0) is 39.2 Å². The largest absolute Gasteiger partial charge is 0.352 e. The predicted molar refractivity (Wildman–Crippen MR) is 62.4 cm³/mol. The second-order valence-electron chi connectivity index (χ2n) is 3.13. The molecule has 1 heterocycles. The van der Waals surface area contributed by atoms with Gasteiger partial charge in [0.15, 0.2) is 0 Å². The zero-order chi connectivity index (χ0) is 16.4. The Hall–Kier alpha value is -1.10. The first-order valence-corrected chi connectivity index (χ1v) is 4.72. The molecule has 1 rings (SSSR count). The third-order valence-electron chi connectivity index (χ3n) is 1.30. The minimum atomic E-state index is -2.75. The summed E-state index contributed by atoms with van der Waals surface area (Å²) >= 11 is 5.72. The maximum Gasteiger partial charge on any atom is 0.228 e. The molecule has 1 aromatic heterocycles. The second-order valence-corrected chi connectivity index (χ2v) is 3.47. The summed E-state index contributed by atoms with van der Waals surface area (Å²) in [7, 11) is 0. The molecule has 0 aromatic carbocycles. The van der Waals surface area contributed by atoms with Crippen molar-refractivity contribution < 1.29 is 8.22 Å². The van der Waals surface area contributed by atoms with Crippen molar-refractivity contribution in [3.05, 3.63) is 5.28 Å². The molecule has 1 aromatic rings. The maximum absolute atomic E-state index is 7.31. The third-order valence-corrected chi connectivity index (χ3v) is 1.47. The van der Waals surface area contributed by atoms with E-state index in [1.54, 1.807) is 0 Å². The van der Waals surface area contributed by atoms with Gasteiger partial charge in [-0.3, -0.25) is 0 Å². The lowest BCUT2D eigenvalue weighted by Gasteiger charge is -2.11. The highest BCUT2D eigenvalue weighted by atomic mass is 35.5. The lowest BCUT2D eigenvalue weighted by atomic mass is 10.4. The Labute approximate surface area is 103 Å².